The van der Waals surface area contributed by atoms with E-state index >= 15 is 0 Å². The van der Waals surface area contributed by atoms with Gasteiger partial charge in [0.25, 0.3) is 0 Å². The van der Waals surface area contributed by atoms with E-state index in [4.69, 9.17) is 14.3 Å². The Balaban J connectivity index is 2.77. The summed E-state index contributed by atoms with van der Waals surface area (Å²) in [6, 6.07) is 1.44. The van der Waals surface area contributed by atoms with E-state index in [2.05, 4.69) is 39.0 Å². The smallest absolute Gasteiger partial charge is 0.432 e. The van der Waals surface area contributed by atoms with E-state index in [1.165, 1.54) is 12.3 Å². The van der Waals surface area contributed by atoms with Crippen molar-refractivity contribution in [2.75, 3.05) is 13.2 Å². The van der Waals surface area contributed by atoms with E-state index in [9.17, 15) is 9.90 Å². The number of aliphatic hydroxyl groups excluding tert-OH is 1. The van der Waals surface area contributed by atoms with Crippen molar-refractivity contribution in [3.05, 3.63) is 12.3 Å². The van der Waals surface area contributed by atoms with Gasteiger partial charge >= 0.3 is 6.09 Å². The van der Waals surface area contributed by atoms with Crippen molar-refractivity contribution in [3.63, 3.8) is 0 Å². The molecule has 0 radical (unpaired) electrons. The summed E-state index contributed by atoms with van der Waals surface area (Å²) in [5, 5.41) is 22.3. The van der Waals surface area contributed by atoms with Crippen LogP contribution in [-0.2, 0) is 4.43 Å². The van der Waals surface area contributed by atoms with Crippen LogP contribution in [0.3, 0.4) is 0 Å². The lowest BCUT2D eigenvalue weighted by atomic mass is 10.1. The molecule has 1 rings (SSSR count). The monoisotopic (exact) mass is 330 g/mol. The molecule has 0 aromatic carbocycles. The summed E-state index contributed by atoms with van der Waals surface area (Å²) >= 11 is 0. The second-order valence-corrected chi connectivity index (χ2v) is 11.9. The zero-order valence-electron chi connectivity index (χ0n) is 14.1. The highest BCUT2D eigenvalue weighted by atomic mass is 28.4. The second kappa shape index (κ2) is 6.39. The van der Waals surface area contributed by atoms with Gasteiger partial charge in [-0.15, -0.1) is 5.10 Å². The van der Waals surface area contributed by atoms with Crippen LogP contribution < -0.4 is 4.74 Å². The molecule has 1 heterocycles. The van der Waals surface area contributed by atoms with Gasteiger partial charge < -0.3 is 19.4 Å². The molecule has 0 saturated heterocycles. The maximum absolute atomic E-state index is 10.8. The number of aliphatic hydroxyl groups is 1. The minimum Gasteiger partial charge on any atom is -0.465 e. The molecule has 7 nitrogen and oxygen atoms in total. The Bertz CT molecular complexity index is 524. The number of aromatic nitrogens is 2. The maximum Gasteiger partial charge on any atom is 0.432 e. The highest BCUT2D eigenvalue weighted by Crippen LogP contribution is 2.37. The molecule has 0 saturated carbocycles. The fourth-order valence-corrected chi connectivity index (χ4v) is 2.48. The number of carbonyl (C=O) groups is 1. The van der Waals surface area contributed by atoms with Gasteiger partial charge in [0.1, 0.15) is 0 Å². The molecular weight excluding hydrogens is 304 g/mol. The summed E-state index contributed by atoms with van der Waals surface area (Å²) in [5.41, 5.74) is -0.979. The average molecular weight is 330 g/mol. The SMILES string of the molecule is CC(CO)(CO[Si](C)(C)C(C)(C)C)Oc1ccn(C(=O)O)n1. The van der Waals surface area contributed by atoms with Crippen LogP contribution in [0.15, 0.2) is 12.3 Å². The van der Waals surface area contributed by atoms with Crippen LogP contribution in [0.25, 0.3) is 0 Å². The minimum absolute atomic E-state index is 0.0499. The summed E-state index contributed by atoms with van der Waals surface area (Å²) < 4.78 is 12.5. The van der Waals surface area contributed by atoms with Gasteiger partial charge in [-0.1, -0.05) is 20.8 Å². The Labute approximate surface area is 132 Å². The molecule has 1 aromatic rings. The average Bonchev–Trinajstić information content (AvgIpc) is 2.84. The zero-order valence-corrected chi connectivity index (χ0v) is 15.1. The van der Waals surface area contributed by atoms with Crippen molar-refractivity contribution in [1.29, 1.82) is 0 Å². The quantitative estimate of drug-likeness (QED) is 0.779. The first-order valence-corrected chi connectivity index (χ1v) is 10.0. The Kier molecular flexibility index (Phi) is 5.42. The number of carboxylic acid groups (broad SMARTS) is 1. The largest absolute Gasteiger partial charge is 0.465 e. The molecule has 1 unspecified atom stereocenters. The van der Waals surface area contributed by atoms with Crippen molar-refractivity contribution < 1.29 is 24.2 Å². The molecule has 0 spiro atoms. The van der Waals surface area contributed by atoms with Gasteiger partial charge in [-0.2, -0.15) is 4.68 Å². The molecular formula is C14H26N2O5Si. The van der Waals surface area contributed by atoms with Crippen LogP contribution in [-0.4, -0.2) is 53.2 Å². The van der Waals surface area contributed by atoms with Gasteiger partial charge in [-0.3, -0.25) is 0 Å². The fraction of sp³-hybridized carbons (Fsp3) is 0.714. The van der Waals surface area contributed by atoms with Crippen molar-refractivity contribution >= 4 is 14.4 Å². The molecule has 8 heteroatoms. The highest BCUT2D eigenvalue weighted by Gasteiger charge is 2.40. The molecule has 126 valence electrons. The first-order chi connectivity index (χ1) is 9.90. The van der Waals surface area contributed by atoms with E-state index in [-0.39, 0.29) is 24.1 Å². The molecule has 0 aliphatic carbocycles. The Morgan fingerprint density at radius 3 is 2.36 bits per heavy atom. The Hall–Kier alpha value is -1.38. The van der Waals surface area contributed by atoms with Gasteiger partial charge in [0, 0.05) is 12.3 Å². The van der Waals surface area contributed by atoms with Crippen molar-refractivity contribution in [3.8, 4) is 5.88 Å². The van der Waals surface area contributed by atoms with Gasteiger partial charge in [0.15, 0.2) is 13.9 Å². The number of nitrogens with zero attached hydrogens (tertiary/aromatic N) is 2. The van der Waals surface area contributed by atoms with Crippen molar-refractivity contribution in [2.45, 2.75) is 51.4 Å². The van der Waals surface area contributed by atoms with Gasteiger partial charge in [-0.25, -0.2) is 4.79 Å². The lowest BCUT2D eigenvalue weighted by Gasteiger charge is -2.39. The van der Waals surface area contributed by atoms with Crippen molar-refractivity contribution in [1.82, 2.24) is 9.78 Å². The Morgan fingerprint density at radius 1 is 1.36 bits per heavy atom. The third-order valence-electron chi connectivity index (χ3n) is 3.99. The third kappa shape index (κ3) is 4.55. The van der Waals surface area contributed by atoms with E-state index in [1.807, 2.05) is 0 Å². The van der Waals surface area contributed by atoms with E-state index < -0.39 is 20.0 Å². The van der Waals surface area contributed by atoms with Gasteiger partial charge in [-0.05, 0) is 25.1 Å². The topological polar surface area (TPSA) is 93.8 Å². The van der Waals surface area contributed by atoms with Gasteiger partial charge in [0.05, 0.1) is 13.2 Å². The molecule has 0 aliphatic heterocycles. The Morgan fingerprint density at radius 2 is 1.95 bits per heavy atom. The lowest BCUT2D eigenvalue weighted by Crippen LogP contribution is -2.49. The molecule has 1 aromatic heterocycles. The maximum atomic E-state index is 10.8. The number of hydrogen-bond donors (Lipinski definition) is 2. The number of rotatable bonds is 6. The van der Waals surface area contributed by atoms with E-state index in [0.29, 0.717) is 0 Å². The van der Waals surface area contributed by atoms with Crippen LogP contribution in [0.4, 0.5) is 4.79 Å². The highest BCUT2D eigenvalue weighted by molar-refractivity contribution is 6.74. The molecule has 0 bridgehead atoms. The van der Waals surface area contributed by atoms with Crippen LogP contribution in [0.5, 0.6) is 5.88 Å². The van der Waals surface area contributed by atoms with Crippen LogP contribution >= 0.6 is 0 Å². The van der Waals surface area contributed by atoms with E-state index in [1.54, 1.807) is 6.92 Å². The van der Waals surface area contributed by atoms with Crippen LogP contribution in [0.2, 0.25) is 18.1 Å². The molecule has 22 heavy (non-hydrogen) atoms. The predicted octanol–water partition coefficient (Wildman–Crippen LogP) is 2.56. The molecule has 0 amide bonds. The first-order valence-electron chi connectivity index (χ1n) is 7.13. The second-order valence-electron chi connectivity index (χ2n) is 7.14. The molecule has 2 N–H and O–H groups in total. The van der Waals surface area contributed by atoms with Gasteiger partial charge in [0.2, 0.25) is 5.88 Å². The summed E-state index contributed by atoms with van der Waals surface area (Å²) in [6.45, 7) is 12.3. The van der Waals surface area contributed by atoms with Crippen molar-refractivity contribution in [2.24, 2.45) is 0 Å². The molecule has 1 atom stereocenters. The summed E-state index contributed by atoms with van der Waals surface area (Å²) in [4.78, 5) is 10.8. The summed E-state index contributed by atoms with van der Waals surface area (Å²) in [5.74, 6) is 0.137. The summed E-state index contributed by atoms with van der Waals surface area (Å²) in [6.07, 6.45) is 0.0857. The third-order valence-corrected chi connectivity index (χ3v) is 8.47. The number of hydrogen-bond acceptors (Lipinski definition) is 5. The van der Waals surface area contributed by atoms with Crippen LogP contribution in [0.1, 0.15) is 27.7 Å². The molecule has 0 fully saturated rings. The lowest BCUT2D eigenvalue weighted by molar-refractivity contribution is -0.0187. The summed E-state index contributed by atoms with van der Waals surface area (Å²) in [7, 11) is -1.97. The minimum atomic E-state index is -1.97. The molecule has 0 aliphatic rings. The zero-order chi connectivity index (χ0) is 17.2. The standard InChI is InChI=1S/C14H26N2O5Si/c1-13(2,3)22(5,6)20-10-14(4,9-17)21-11-7-8-16(15-11)12(18)19/h7-8,17H,9-10H2,1-6H3,(H,18,19). The normalized spacial score (nSPS) is 15.4. The first kappa shape index (κ1) is 18.7. The van der Waals surface area contributed by atoms with E-state index in [0.717, 1.165) is 4.68 Å². The number of ether oxygens (including phenoxy) is 1. The van der Waals surface area contributed by atoms with Crippen LogP contribution in [0, 0.1) is 0 Å². The predicted molar refractivity (Wildman–Crippen MR) is 84.9 cm³/mol. The fourth-order valence-electron chi connectivity index (χ4n) is 1.38.